The molecule has 19 heavy (non-hydrogen) atoms. The number of phenolic OH excluding ortho intramolecular Hbond substituents is 1. The molecule has 3 atom stereocenters. The Morgan fingerprint density at radius 2 is 2.11 bits per heavy atom. The maximum Gasteiger partial charge on any atom is 0.255 e. The van der Waals surface area contributed by atoms with Crippen LogP contribution in [0.15, 0.2) is 18.2 Å². The van der Waals surface area contributed by atoms with Crippen LogP contribution in [-0.4, -0.2) is 24.2 Å². The third-order valence-electron chi connectivity index (χ3n) is 4.23. The molecule has 1 fully saturated rings. The maximum atomic E-state index is 12.2. The first-order chi connectivity index (χ1) is 9.02. The number of carbonyl (C=O) groups is 1. The Morgan fingerprint density at radius 1 is 1.37 bits per heavy atom. The summed E-state index contributed by atoms with van der Waals surface area (Å²) in [7, 11) is 1.52. The van der Waals surface area contributed by atoms with Gasteiger partial charge in [0.15, 0.2) is 0 Å². The quantitative estimate of drug-likeness (QED) is 0.881. The van der Waals surface area contributed by atoms with Gasteiger partial charge in [-0.2, -0.15) is 0 Å². The predicted molar refractivity (Wildman–Crippen MR) is 73.5 cm³/mol. The molecule has 4 heteroatoms. The van der Waals surface area contributed by atoms with Gasteiger partial charge in [0.05, 0.1) is 12.7 Å². The number of nitrogens with one attached hydrogen (secondary N) is 1. The van der Waals surface area contributed by atoms with Gasteiger partial charge in [-0.1, -0.05) is 13.8 Å². The molecule has 1 aromatic carbocycles. The van der Waals surface area contributed by atoms with Gasteiger partial charge in [0.2, 0.25) is 0 Å². The molecule has 0 saturated heterocycles. The molecule has 0 aliphatic heterocycles. The highest BCUT2D eigenvalue weighted by Gasteiger charge is 2.31. The number of carbonyl (C=O) groups excluding carboxylic acids is 1. The Bertz CT molecular complexity index is 472. The Kier molecular flexibility index (Phi) is 3.98. The summed E-state index contributed by atoms with van der Waals surface area (Å²) >= 11 is 0. The molecule has 0 bridgehead atoms. The van der Waals surface area contributed by atoms with Crippen molar-refractivity contribution in [2.24, 2.45) is 11.8 Å². The number of methoxy groups -OCH3 is 1. The van der Waals surface area contributed by atoms with Gasteiger partial charge in [-0.15, -0.1) is 0 Å². The van der Waals surface area contributed by atoms with Gasteiger partial charge in [0.1, 0.15) is 11.5 Å². The Morgan fingerprint density at radius 3 is 2.63 bits per heavy atom. The highest BCUT2D eigenvalue weighted by Crippen LogP contribution is 2.31. The summed E-state index contributed by atoms with van der Waals surface area (Å²) in [6.45, 7) is 4.37. The number of aromatic hydroxyl groups is 1. The molecule has 1 amide bonds. The van der Waals surface area contributed by atoms with Crippen LogP contribution in [0.25, 0.3) is 0 Å². The van der Waals surface area contributed by atoms with Crippen molar-refractivity contribution in [2.45, 2.75) is 32.7 Å². The normalized spacial score (nSPS) is 26.2. The lowest BCUT2D eigenvalue weighted by atomic mass is 9.97. The van der Waals surface area contributed by atoms with E-state index in [4.69, 9.17) is 4.74 Å². The van der Waals surface area contributed by atoms with Crippen LogP contribution in [0.1, 0.15) is 37.0 Å². The predicted octanol–water partition coefficient (Wildman–Crippen LogP) is 2.57. The highest BCUT2D eigenvalue weighted by atomic mass is 16.5. The average molecular weight is 263 g/mol. The molecule has 2 N–H and O–H groups in total. The van der Waals surface area contributed by atoms with Crippen molar-refractivity contribution in [3.8, 4) is 11.5 Å². The van der Waals surface area contributed by atoms with Crippen LogP contribution in [0.2, 0.25) is 0 Å². The van der Waals surface area contributed by atoms with Gasteiger partial charge >= 0.3 is 0 Å². The standard InChI is InChI=1S/C15H21NO3/c1-9-4-7-13(10(9)2)16-15(18)12-6-5-11(19-3)8-14(12)17/h5-6,8-10,13,17H,4,7H2,1-3H3,(H,16,18). The van der Waals surface area contributed by atoms with E-state index >= 15 is 0 Å². The van der Waals surface area contributed by atoms with E-state index < -0.39 is 0 Å². The number of hydrogen-bond acceptors (Lipinski definition) is 3. The Hall–Kier alpha value is -1.71. The zero-order valence-electron chi connectivity index (χ0n) is 11.6. The van der Waals surface area contributed by atoms with E-state index in [1.165, 1.54) is 13.2 Å². The molecule has 2 rings (SSSR count). The van der Waals surface area contributed by atoms with E-state index in [-0.39, 0.29) is 17.7 Å². The van der Waals surface area contributed by atoms with E-state index in [1.807, 2.05) is 0 Å². The second-order valence-corrected chi connectivity index (χ2v) is 5.38. The second-order valence-electron chi connectivity index (χ2n) is 5.38. The summed E-state index contributed by atoms with van der Waals surface area (Å²) in [4.78, 5) is 12.2. The molecule has 3 unspecified atom stereocenters. The lowest BCUT2D eigenvalue weighted by molar-refractivity contribution is 0.0924. The lowest BCUT2D eigenvalue weighted by Gasteiger charge is -2.20. The van der Waals surface area contributed by atoms with Gasteiger partial charge in [-0.05, 0) is 36.8 Å². The fraction of sp³-hybridized carbons (Fsp3) is 0.533. The lowest BCUT2D eigenvalue weighted by Crippen LogP contribution is -2.37. The molecule has 1 aliphatic rings. The van der Waals surface area contributed by atoms with Gasteiger partial charge in [0.25, 0.3) is 5.91 Å². The zero-order valence-corrected chi connectivity index (χ0v) is 11.6. The van der Waals surface area contributed by atoms with Gasteiger partial charge in [-0.3, -0.25) is 4.79 Å². The third kappa shape index (κ3) is 2.83. The highest BCUT2D eigenvalue weighted by molar-refractivity contribution is 5.97. The monoisotopic (exact) mass is 263 g/mol. The summed E-state index contributed by atoms with van der Waals surface area (Å²) < 4.78 is 5.00. The minimum atomic E-state index is -0.217. The van der Waals surface area contributed by atoms with Crippen LogP contribution < -0.4 is 10.1 Å². The second kappa shape index (κ2) is 5.51. The molecule has 1 aromatic rings. The largest absolute Gasteiger partial charge is 0.507 e. The van der Waals surface area contributed by atoms with Crippen molar-refractivity contribution in [2.75, 3.05) is 7.11 Å². The minimum absolute atomic E-state index is 0.0458. The minimum Gasteiger partial charge on any atom is -0.507 e. The van der Waals surface area contributed by atoms with Crippen LogP contribution in [-0.2, 0) is 0 Å². The first kappa shape index (κ1) is 13.7. The van der Waals surface area contributed by atoms with Gasteiger partial charge in [0, 0.05) is 12.1 Å². The third-order valence-corrected chi connectivity index (χ3v) is 4.23. The maximum absolute atomic E-state index is 12.2. The molecular weight excluding hydrogens is 242 g/mol. The van der Waals surface area contributed by atoms with E-state index in [9.17, 15) is 9.90 Å². The van der Waals surface area contributed by atoms with Crippen molar-refractivity contribution in [3.63, 3.8) is 0 Å². The van der Waals surface area contributed by atoms with Crippen LogP contribution >= 0.6 is 0 Å². The average Bonchev–Trinajstić information content (AvgIpc) is 2.70. The molecule has 0 radical (unpaired) electrons. The molecule has 104 valence electrons. The van der Waals surface area contributed by atoms with Crippen molar-refractivity contribution in [1.29, 1.82) is 0 Å². The number of phenols is 1. The van der Waals surface area contributed by atoms with Crippen molar-refractivity contribution in [1.82, 2.24) is 5.32 Å². The number of ether oxygens (including phenoxy) is 1. The van der Waals surface area contributed by atoms with Crippen LogP contribution in [0.3, 0.4) is 0 Å². The number of hydrogen-bond donors (Lipinski definition) is 2. The molecule has 0 aromatic heterocycles. The number of amides is 1. The zero-order chi connectivity index (χ0) is 14.0. The molecule has 4 nitrogen and oxygen atoms in total. The Labute approximate surface area is 113 Å². The van der Waals surface area contributed by atoms with Gasteiger partial charge in [-0.25, -0.2) is 0 Å². The van der Waals surface area contributed by atoms with Crippen LogP contribution in [0, 0.1) is 11.8 Å². The van der Waals surface area contributed by atoms with E-state index in [1.54, 1.807) is 12.1 Å². The molecule has 0 heterocycles. The van der Waals surface area contributed by atoms with E-state index in [0.717, 1.165) is 12.8 Å². The van der Waals surface area contributed by atoms with E-state index in [2.05, 4.69) is 19.2 Å². The summed E-state index contributed by atoms with van der Waals surface area (Å²) in [5, 5.41) is 12.9. The SMILES string of the molecule is COc1ccc(C(=O)NC2CCC(C)C2C)c(O)c1. The first-order valence-electron chi connectivity index (χ1n) is 6.70. The number of benzene rings is 1. The van der Waals surface area contributed by atoms with E-state index in [0.29, 0.717) is 23.1 Å². The first-order valence-corrected chi connectivity index (χ1v) is 6.70. The fourth-order valence-corrected chi connectivity index (χ4v) is 2.64. The van der Waals surface area contributed by atoms with Crippen LogP contribution in [0.4, 0.5) is 0 Å². The van der Waals surface area contributed by atoms with Crippen molar-refractivity contribution < 1.29 is 14.6 Å². The molecular formula is C15H21NO3. The molecule has 0 spiro atoms. The van der Waals surface area contributed by atoms with Crippen LogP contribution in [0.5, 0.6) is 11.5 Å². The molecule has 1 aliphatic carbocycles. The van der Waals surface area contributed by atoms with Gasteiger partial charge < -0.3 is 15.2 Å². The summed E-state index contributed by atoms with van der Waals surface area (Å²) in [5.74, 6) is 1.39. The fourth-order valence-electron chi connectivity index (χ4n) is 2.64. The summed E-state index contributed by atoms with van der Waals surface area (Å²) in [6.07, 6.45) is 2.14. The topological polar surface area (TPSA) is 58.6 Å². The van der Waals surface area contributed by atoms with Crippen molar-refractivity contribution >= 4 is 5.91 Å². The smallest absolute Gasteiger partial charge is 0.255 e. The Balaban J connectivity index is 2.08. The summed E-state index contributed by atoms with van der Waals surface area (Å²) in [6, 6.07) is 4.92. The molecule has 1 saturated carbocycles. The number of rotatable bonds is 3. The summed E-state index contributed by atoms with van der Waals surface area (Å²) in [5.41, 5.74) is 0.299. The van der Waals surface area contributed by atoms with Crippen molar-refractivity contribution in [3.05, 3.63) is 23.8 Å².